The highest BCUT2D eigenvalue weighted by Gasteiger charge is 2.38. The Balaban J connectivity index is 2.12. The van der Waals surface area contributed by atoms with Gasteiger partial charge in [-0.15, -0.1) is 11.8 Å². The lowest BCUT2D eigenvalue weighted by Crippen LogP contribution is -2.47. The summed E-state index contributed by atoms with van der Waals surface area (Å²) in [6.45, 7) is 5.44. The fraction of sp³-hybridized carbons (Fsp3) is 0.769. The number of nitrogens with one attached hydrogen (secondary N) is 2. The van der Waals surface area contributed by atoms with Crippen LogP contribution in [0.25, 0.3) is 0 Å². The molecule has 2 atom stereocenters. The van der Waals surface area contributed by atoms with Crippen molar-refractivity contribution < 1.29 is 47.7 Å². The molecule has 0 spiro atoms. The zero-order valence-corrected chi connectivity index (χ0v) is 24.1. The number of likely N-dealkylation sites (tertiary alicyclic amines) is 1. The summed E-state index contributed by atoms with van der Waals surface area (Å²) in [6.07, 6.45) is 3.31. The average Bonchev–Trinajstić information content (AvgIpc) is 3.20. The Morgan fingerprint density at radius 1 is 0.950 bits per heavy atom. The zero-order chi connectivity index (χ0) is 29.4. The van der Waals surface area contributed by atoms with Gasteiger partial charge in [-0.1, -0.05) is 13.3 Å². The molecular weight excluding hydrogens is 546 g/mol. The molecule has 0 saturated carbocycles. The fourth-order valence-electron chi connectivity index (χ4n) is 3.58. The summed E-state index contributed by atoms with van der Waals surface area (Å²) in [7, 11) is 0. The van der Waals surface area contributed by atoms with Crippen LogP contribution in [0.15, 0.2) is 0 Å². The van der Waals surface area contributed by atoms with Gasteiger partial charge in [-0.2, -0.15) is 0 Å². The van der Waals surface area contributed by atoms with Crippen molar-refractivity contribution >= 4 is 48.0 Å². The number of hydrogen-bond donors (Lipinski definition) is 2. The van der Waals surface area contributed by atoms with Crippen LogP contribution in [-0.4, -0.2) is 124 Å². The topological polar surface area (TPSA) is 167 Å². The third-order valence-electron chi connectivity index (χ3n) is 5.59. The summed E-state index contributed by atoms with van der Waals surface area (Å²) >= 11 is 1.23. The van der Waals surface area contributed by atoms with Crippen LogP contribution < -0.4 is 10.6 Å². The van der Waals surface area contributed by atoms with Gasteiger partial charge in [-0.3, -0.25) is 24.1 Å². The van der Waals surface area contributed by atoms with E-state index < -0.39 is 11.3 Å². The third kappa shape index (κ3) is 16.0. The van der Waals surface area contributed by atoms with E-state index in [2.05, 4.69) is 10.6 Å². The Hall–Kier alpha value is -2.39. The van der Waals surface area contributed by atoms with Gasteiger partial charge >= 0.3 is 0 Å². The first kappa shape index (κ1) is 35.6. The second-order valence-corrected chi connectivity index (χ2v) is 10.1. The first-order chi connectivity index (χ1) is 19.4. The van der Waals surface area contributed by atoms with Gasteiger partial charge in [0, 0.05) is 44.5 Å². The highest BCUT2D eigenvalue weighted by molar-refractivity contribution is 8.00. The van der Waals surface area contributed by atoms with Crippen molar-refractivity contribution in [2.45, 2.75) is 56.7 Å². The lowest BCUT2D eigenvalue weighted by molar-refractivity contribution is -0.138. The number of thioether (sulfide) groups is 1. The summed E-state index contributed by atoms with van der Waals surface area (Å²) in [4.78, 5) is 71.0. The second kappa shape index (κ2) is 23.3. The van der Waals surface area contributed by atoms with Crippen molar-refractivity contribution in [3.8, 4) is 0 Å². The van der Waals surface area contributed by atoms with Gasteiger partial charge in [0.1, 0.15) is 18.6 Å². The first-order valence-corrected chi connectivity index (χ1v) is 14.7. The lowest BCUT2D eigenvalue weighted by Gasteiger charge is -2.18. The quantitative estimate of drug-likeness (QED) is 0.0785. The predicted octanol–water partition coefficient (Wildman–Crippen LogP) is -0.117. The molecule has 1 saturated heterocycles. The molecule has 4 amide bonds. The van der Waals surface area contributed by atoms with Crippen molar-refractivity contribution in [2.75, 3.05) is 71.7 Å². The van der Waals surface area contributed by atoms with Crippen LogP contribution >= 0.6 is 11.8 Å². The molecule has 1 aliphatic heterocycles. The molecule has 40 heavy (non-hydrogen) atoms. The number of ether oxygens (including phenoxy) is 4. The molecule has 0 bridgehead atoms. The SMILES string of the molecule is CCC[C@@H](NC(=O)CCSC1CC(=O)N(CCC=O)C1=O)C(=O)NCCOCCOCCOCCOCCC=O. The van der Waals surface area contributed by atoms with E-state index in [1.54, 1.807) is 0 Å². The van der Waals surface area contributed by atoms with Gasteiger partial charge in [0.05, 0.1) is 58.1 Å². The number of carbonyl (C=O) groups excluding carboxylic acids is 6. The van der Waals surface area contributed by atoms with E-state index in [0.29, 0.717) is 84.2 Å². The maximum atomic E-state index is 12.5. The number of imide groups is 1. The molecule has 0 radical (unpaired) electrons. The molecule has 2 N–H and O–H groups in total. The van der Waals surface area contributed by atoms with Gasteiger partial charge in [0.2, 0.25) is 23.6 Å². The van der Waals surface area contributed by atoms with E-state index in [-0.39, 0.29) is 56.0 Å². The number of aldehydes is 2. The molecule has 1 unspecified atom stereocenters. The Morgan fingerprint density at radius 3 is 2.15 bits per heavy atom. The molecule has 228 valence electrons. The van der Waals surface area contributed by atoms with Gasteiger partial charge < -0.3 is 39.2 Å². The van der Waals surface area contributed by atoms with Gasteiger partial charge in [-0.05, 0) is 6.42 Å². The van der Waals surface area contributed by atoms with Crippen LogP contribution in [0.2, 0.25) is 0 Å². The maximum Gasteiger partial charge on any atom is 0.242 e. The minimum atomic E-state index is -0.672. The number of carbonyl (C=O) groups is 6. The summed E-state index contributed by atoms with van der Waals surface area (Å²) in [6, 6.07) is -0.672. The highest BCUT2D eigenvalue weighted by Crippen LogP contribution is 2.25. The van der Waals surface area contributed by atoms with Crippen molar-refractivity contribution in [3.63, 3.8) is 0 Å². The molecule has 1 rings (SSSR count). The molecule has 1 fully saturated rings. The third-order valence-corrected chi connectivity index (χ3v) is 6.80. The van der Waals surface area contributed by atoms with Crippen molar-refractivity contribution in [3.05, 3.63) is 0 Å². The standard InChI is InChI=1S/C26H43N3O10S/c1-2-5-21(28-23(32)6-19-40-22-20-24(33)29(26(22)35)8-3-9-30)25(34)27-7-12-37-14-16-39-18-17-38-15-13-36-11-4-10-31/h9-10,21-22H,2-8,11-20H2,1H3,(H,27,34)(H,28,32)/t21-,22?/m1/s1. The van der Waals surface area contributed by atoms with Crippen molar-refractivity contribution in [1.29, 1.82) is 0 Å². The Morgan fingerprint density at radius 2 is 1.55 bits per heavy atom. The predicted molar refractivity (Wildman–Crippen MR) is 147 cm³/mol. The minimum absolute atomic E-state index is 0.0638. The van der Waals surface area contributed by atoms with E-state index in [0.717, 1.165) is 11.2 Å². The smallest absolute Gasteiger partial charge is 0.242 e. The van der Waals surface area contributed by atoms with E-state index in [1.165, 1.54) is 11.8 Å². The molecule has 14 heteroatoms. The monoisotopic (exact) mass is 589 g/mol. The number of hydrogen-bond acceptors (Lipinski definition) is 11. The van der Waals surface area contributed by atoms with E-state index in [1.807, 2.05) is 6.92 Å². The number of rotatable bonds is 26. The van der Waals surface area contributed by atoms with Gasteiger partial charge in [0.25, 0.3) is 0 Å². The maximum absolute atomic E-state index is 12.5. The summed E-state index contributed by atoms with van der Waals surface area (Å²) in [5.41, 5.74) is 0. The van der Waals surface area contributed by atoms with Gasteiger partial charge in [0.15, 0.2) is 0 Å². The van der Waals surface area contributed by atoms with Crippen LogP contribution in [0.5, 0.6) is 0 Å². The summed E-state index contributed by atoms with van der Waals surface area (Å²) in [5.74, 6) is -0.901. The fourth-order valence-corrected chi connectivity index (χ4v) is 4.70. The van der Waals surface area contributed by atoms with E-state index in [9.17, 15) is 28.8 Å². The average molecular weight is 590 g/mol. The second-order valence-electron chi connectivity index (χ2n) is 8.76. The van der Waals surface area contributed by atoms with Crippen molar-refractivity contribution in [1.82, 2.24) is 15.5 Å². The number of nitrogens with zero attached hydrogens (tertiary/aromatic N) is 1. The molecule has 13 nitrogen and oxygen atoms in total. The Labute approximate surface area is 239 Å². The lowest BCUT2D eigenvalue weighted by atomic mass is 10.1. The molecule has 0 aromatic carbocycles. The first-order valence-electron chi connectivity index (χ1n) is 13.7. The normalized spacial score (nSPS) is 15.7. The van der Waals surface area contributed by atoms with Crippen LogP contribution in [0.1, 0.15) is 45.4 Å². The van der Waals surface area contributed by atoms with Crippen LogP contribution in [0, 0.1) is 0 Å². The Kier molecular flexibility index (Phi) is 20.8. The molecular formula is C26H43N3O10S. The van der Waals surface area contributed by atoms with Crippen molar-refractivity contribution in [2.24, 2.45) is 0 Å². The summed E-state index contributed by atoms with van der Waals surface area (Å²) in [5, 5.41) is 4.95. The molecule has 0 aliphatic carbocycles. The van der Waals surface area contributed by atoms with Gasteiger partial charge in [-0.25, -0.2) is 0 Å². The number of amides is 4. The molecule has 1 aliphatic rings. The zero-order valence-electron chi connectivity index (χ0n) is 23.3. The largest absolute Gasteiger partial charge is 0.379 e. The molecule has 0 aromatic heterocycles. The van der Waals surface area contributed by atoms with Crippen LogP contribution in [-0.2, 0) is 47.7 Å². The van der Waals surface area contributed by atoms with E-state index in [4.69, 9.17) is 18.9 Å². The van der Waals surface area contributed by atoms with Crippen LogP contribution in [0.3, 0.4) is 0 Å². The summed E-state index contributed by atoms with van der Waals surface area (Å²) < 4.78 is 21.3. The Bertz CT molecular complexity index is 786. The van der Waals surface area contributed by atoms with Crippen LogP contribution in [0.4, 0.5) is 0 Å². The van der Waals surface area contributed by atoms with E-state index >= 15 is 0 Å². The molecule has 1 heterocycles. The molecule has 0 aromatic rings. The minimum Gasteiger partial charge on any atom is -0.379 e. The highest BCUT2D eigenvalue weighted by atomic mass is 32.2.